The van der Waals surface area contributed by atoms with Crippen LogP contribution in [-0.4, -0.2) is 39.5 Å². The average Bonchev–Trinajstić information content (AvgIpc) is 2.92. The lowest BCUT2D eigenvalue weighted by molar-refractivity contribution is -0.160. The molecule has 0 unspecified atom stereocenters. The summed E-state index contributed by atoms with van der Waals surface area (Å²) in [6.45, 7) is 0.653. The van der Waals surface area contributed by atoms with E-state index in [4.69, 9.17) is 0 Å². The summed E-state index contributed by atoms with van der Waals surface area (Å²) in [7, 11) is -2.11. The van der Waals surface area contributed by atoms with Crippen molar-refractivity contribution in [1.82, 2.24) is 10.0 Å². The van der Waals surface area contributed by atoms with Crippen LogP contribution in [0.4, 0.5) is 13.2 Å². The van der Waals surface area contributed by atoms with Crippen molar-refractivity contribution in [2.75, 3.05) is 19.3 Å². The summed E-state index contributed by atoms with van der Waals surface area (Å²) in [5.74, 6) is -0.257. The van der Waals surface area contributed by atoms with E-state index in [-0.39, 0.29) is 18.6 Å². The maximum atomic E-state index is 12.5. The van der Waals surface area contributed by atoms with Crippen LogP contribution in [0.1, 0.15) is 25.7 Å². The van der Waals surface area contributed by atoms with Crippen LogP contribution in [0.2, 0.25) is 0 Å². The number of hydrogen-bond acceptors (Lipinski definition) is 3. The van der Waals surface area contributed by atoms with E-state index in [0.717, 1.165) is 0 Å². The molecule has 102 valence electrons. The van der Waals surface area contributed by atoms with E-state index < -0.39 is 21.7 Å². The lowest BCUT2D eigenvalue weighted by Gasteiger charge is -2.20. The Morgan fingerprint density at radius 1 is 1.24 bits per heavy atom. The van der Waals surface area contributed by atoms with Crippen molar-refractivity contribution >= 4 is 10.0 Å². The predicted molar refractivity (Wildman–Crippen MR) is 58.1 cm³/mol. The molecule has 8 heteroatoms. The first kappa shape index (κ1) is 14.7. The van der Waals surface area contributed by atoms with Crippen molar-refractivity contribution < 1.29 is 21.6 Å². The molecule has 0 aromatic carbocycles. The van der Waals surface area contributed by atoms with Crippen LogP contribution < -0.4 is 10.0 Å². The highest BCUT2D eigenvalue weighted by Crippen LogP contribution is 2.49. The van der Waals surface area contributed by atoms with Crippen molar-refractivity contribution in [2.45, 2.75) is 37.4 Å². The largest absolute Gasteiger partial charge is 0.407 e. The minimum absolute atomic E-state index is 0.160. The third-order valence-corrected chi connectivity index (χ3v) is 4.26. The van der Waals surface area contributed by atoms with Gasteiger partial charge in [0.15, 0.2) is 0 Å². The topological polar surface area (TPSA) is 58.2 Å². The molecule has 0 atom stereocenters. The van der Waals surface area contributed by atoms with E-state index in [1.807, 2.05) is 0 Å². The lowest BCUT2D eigenvalue weighted by atomic mass is 10.3. The van der Waals surface area contributed by atoms with E-state index in [1.165, 1.54) is 0 Å². The summed E-state index contributed by atoms with van der Waals surface area (Å²) in [6.07, 6.45) is -3.84. The van der Waals surface area contributed by atoms with Crippen molar-refractivity contribution in [1.29, 1.82) is 0 Å². The summed E-state index contributed by atoms with van der Waals surface area (Å²) in [5.41, 5.74) is -2.19. The molecule has 4 nitrogen and oxygen atoms in total. The van der Waals surface area contributed by atoms with Gasteiger partial charge in [0.05, 0.1) is 5.75 Å². The molecule has 0 saturated heterocycles. The van der Waals surface area contributed by atoms with E-state index in [9.17, 15) is 21.6 Å². The Morgan fingerprint density at radius 2 is 1.82 bits per heavy atom. The highest BCUT2D eigenvalue weighted by atomic mass is 32.2. The van der Waals surface area contributed by atoms with Crippen LogP contribution >= 0.6 is 0 Å². The molecule has 1 rings (SSSR count). The lowest BCUT2D eigenvalue weighted by Crippen LogP contribution is -2.48. The molecule has 0 aromatic heterocycles. The molecule has 0 heterocycles. The van der Waals surface area contributed by atoms with Gasteiger partial charge in [0.25, 0.3) is 0 Å². The third-order valence-electron chi connectivity index (χ3n) is 2.73. The number of rotatable bonds is 7. The normalized spacial score (nSPS) is 19.3. The summed E-state index contributed by atoms with van der Waals surface area (Å²) < 4.78 is 62.3. The maximum absolute atomic E-state index is 12.5. The fourth-order valence-corrected chi connectivity index (χ4v) is 3.11. The van der Waals surface area contributed by atoms with Gasteiger partial charge < -0.3 is 5.32 Å². The zero-order valence-corrected chi connectivity index (χ0v) is 10.4. The second-order valence-electron chi connectivity index (χ2n) is 4.31. The van der Waals surface area contributed by atoms with Crippen molar-refractivity contribution in [3.05, 3.63) is 0 Å². The minimum Gasteiger partial charge on any atom is -0.320 e. The highest BCUT2D eigenvalue weighted by molar-refractivity contribution is 7.89. The minimum atomic E-state index is -4.49. The fraction of sp³-hybridized carbons (Fsp3) is 1.00. The van der Waals surface area contributed by atoms with Gasteiger partial charge in [0.1, 0.15) is 5.54 Å². The Hall–Kier alpha value is -0.340. The van der Waals surface area contributed by atoms with Gasteiger partial charge in [-0.25, -0.2) is 8.42 Å². The summed E-state index contributed by atoms with van der Waals surface area (Å²) >= 11 is 0. The Kier molecular flexibility index (Phi) is 4.43. The highest BCUT2D eigenvalue weighted by Gasteiger charge is 2.65. The standard InChI is InChI=1S/C9H17F3N2O2S/c1-13-6-2-3-7-17(15,16)14-8(4-5-8)9(10,11)12/h13-14H,2-7H2,1H3. The van der Waals surface area contributed by atoms with Gasteiger partial charge in [-0.1, -0.05) is 0 Å². The molecule has 1 saturated carbocycles. The predicted octanol–water partition coefficient (Wildman–Crippen LogP) is 1.00. The van der Waals surface area contributed by atoms with E-state index in [0.29, 0.717) is 19.4 Å². The summed E-state index contributed by atoms with van der Waals surface area (Å²) in [4.78, 5) is 0. The van der Waals surface area contributed by atoms with Crippen LogP contribution in [-0.2, 0) is 10.0 Å². The molecule has 0 radical (unpaired) electrons. The van der Waals surface area contributed by atoms with E-state index >= 15 is 0 Å². The molecule has 0 amide bonds. The molecule has 1 fully saturated rings. The van der Waals surface area contributed by atoms with Crippen LogP contribution in [0.15, 0.2) is 0 Å². The van der Waals surface area contributed by atoms with Gasteiger partial charge in [-0.3, -0.25) is 0 Å². The quantitative estimate of drug-likeness (QED) is 0.681. The average molecular weight is 274 g/mol. The first-order chi connectivity index (χ1) is 7.72. The molecular weight excluding hydrogens is 257 g/mol. The number of sulfonamides is 1. The Labute approximate surface area is 99.0 Å². The van der Waals surface area contributed by atoms with Crippen LogP contribution in [0.5, 0.6) is 0 Å². The van der Waals surface area contributed by atoms with Gasteiger partial charge in [0, 0.05) is 0 Å². The van der Waals surface area contributed by atoms with Crippen LogP contribution in [0.25, 0.3) is 0 Å². The smallest absolute Gasteiger partial charge is 0.320 e. The molecule has 0 bridgehead atoms. The number of hydrogen-bond donors (Lipinski definition) is 2. The van der Waals surface area contributed by atoms with Crippen LogP contribution in [0.3, 0.4) is 0 Å². The van der Waals surface area contributed by atoms with Crippen molar-refractivity contribution in [2.24, 2.45) is 0 Å². The van der Waals surface area contributed by atoms with E-state index in [1.54, 1.807) is 11.8 Å². The number of unbranched alkanes of at least 4 members (excludes halogenated alkanes) is 1. The van der Waals surface area contributed by atoms with Crippen LogP contribution in [0, 0.1) is 0 Å². The van der Waals surface area contributed by atoms with Gasteiger partial charge in [-0.15, -0.1) is 0 Å². The van der Waals surface area contributed by atoms with E-state index in [2.05, 4.69) is 5.32 Å². The first-order valence-corrected chi connectivity index (χ1v) is 7.11. The third kappa shape index (κ3) is 4.11. The molecule has 0 aromatic rings. The Balaban J connectivity index is 2.45. The summed E-state index contributed by atoms with van der Waals surface area (Å²) in [5, 5.41) is 2.84. The monoisotopic (exact) mass is 274 g/mol. The van der Waals surface area contributed by atoms with Gasteiger partial charge >= 0.3 is 6.18 Å². The fourth-order valence-electron chi connectivity index (χ4n) is 1.51. The Morgan fingerprint density at radius 3 is 2.24 bits per heavy atom. The number of alkyl halides is 3. The van der Waals surface area contributed by atoms with Crippen molar-refractivity contribution in [3.63, 3.8) is 0 Å². The molecular formula is C9H17F3N2O2S. The Bertz CT molecular complexity index is 350. The molecule has 1 aliphatic carbocycles. The molecule has 0 spiro atoms. The second kappa shape index (κ2) is 5.11. The zero-order valence-electron chi connectivity index (χ0n) is 9.60. The molecule has 1 aliphatic rings. The van der Waals surface area contributed by atoms with Crippen molar-refractivity contribution in [3.8, 4) is 0 Å². The van der Waals surface area contributed by atoms with Gasteiger partial charge in [0.2, 0.25) is 10.0 Å². The molecule has 17 heavy (non-hydrogen) atoms. The van der Waals surface area contributed by atoms with Gasteiger partial charge in [-0.2, -0.15) is 17.9 Å². The second-order valence-corrected chi connectivity index (χ2v) is 6.15. The maximum Gasteiger partial charge on any atom is 0.407 e. The number of nitrogens with one attached hydrogen (secondary N) is 2. The first-order valence-electron chi connectivity index (χ1n) is 5.45. The summed E-state index contributed by atoms with van der Waals surface area (Å²) in [6, 6.07) is 0. The zero-order chi connectivity index (χ0) is 13.2. The molecule has 0 aliphatic heterocycles. The SMILES string of the molecule is CNCCCCS(=O)(=O)NC1(C(F)(F)F)CC1. The number of halogens is 3. The molecule has 2 N–H and O–H groups in total. The van der Waals surface area contributed by atoms with Gasteiger partial charge in [-0.05, 0) is 39.3 Å².